The van der Waals surface area contributed by atoms with E-state index < -0.39 is 49.8 Å². The van der Waals surface area contributed by atoms with Gasteiger partial charge in [0.05, 0.1) is 0 Å². The van der Waals surface area contributed by atoms with E-state index in [1.807, 2.05) is 13.8 Å². The first-order valence-electron chi connectivity index (χ1n) is 7.87. The maximum atomic E-state index is 13.5. The summed E-state index contributed by atoms with van der Waals surface area (Å²) in [4.78, 5) is 11.7. The van der Waals surface area contributed by atoms with Crippen LogP contribution in [0, 0.1) is 29.1 Å². The number of halogens is 5. The number of hydrogen-bond acceptors (Lipinski definition) is 3. The molecule has 1 aromatic carbocycles. The Balaban J connectivity index is 2.56. The van der Waals surface area contributed by atoms with Crippen molar-refractivity contribution in [1.82, 2.24) is 5.32 Å². The van der Waals surface area contributed by atoms with Gasteiger partial charge in [-0.15, -0.1) is 0 Å². The predicted molar refractivity (Wildman–Crippen MR) is 83.0 cm³/mol. The van der Waals surface area contributed by atoms with Crippen molar-refractivity contribution >= 4 is 15.2 Å². The van der Waals surface area contributed by atoms with Crippen molar-refractivity contribution in [3.8, 4) is 0 Å². The molecule has 0 unspecified atom stereocenters. The number of amides is 1. The van der Waals surface area contributed by atoms with Gasteiger partial charge in [-0.3, -0.25) is 4.79 Å². The van der Waals surface area contributed by atoms with E-state index in [-0.39, 0.29) is 6.54 Å². The van der Waals surface area contributed by atoms with Gasteiger partial charge in [-0.2, -0.15) is 0 Å². The molecule has 0 heterocycles. The zero-order chi connectivity index (χ0) is 19.0. The molecule has 0 aliphatic carbocycles. The van der Waals surface area contributed by atoms with Crippen molar-refractivity contribution in [3.05, 3.63) is 34.6 Å². The summed E-state index contributed by atoms with van der Waals surface area (Å²) in [5, 5.41) is 2.15. The third-order valence-corrected chi connectivity index (χ3v) is 5.58. The Morgan fingerprint density at radius 1 is 0.880 bits per heavy atom. The molecule has 0 fully saturated rings. The van der Waals surface area contributed by atoms with Crippen LogP contribution in [0.4, 0.5) is 22.0 Å². The summed E-state index contributed by atoms with van der Waals surface area (Å²) in [7, 11) is -1.77. The predicted octanol–water partition coefficient (Wildman–Crippen LogP) is 3.19. The Kier molecular flexibility index (Phi) is 9.01. The van der Waals surface area contributed by atoms with Gasteiger partial charge in [-0.1, -0.05) is 0 Å². The van der Waals surface area contributed by atoms with Crippen molar-refractivity contribution in [1.29, 1.82) is 0 Å². The first-order valence-corrected chi connectivity index (χ1v) is 9.63. The minimum absolute atomic E-state index is 0.0255. The molecule has 0 atom stereocenters. The third-order valence-electron chi connectivity index (χ3n) is 3.29. The Morgan fingerprint density at radius 2 is 1.36 bits per heavy atom. The van der Waals surface area contributed by atoms with E-state index in [9.17, 15) is 26.7 Å². The van der Waals surface area contributed by atoms with Gasteiger partial charge in [0, 0.05) is 19.8 Å². The van der Waals surface area contributed by atoms with Gasteiger partial charge in [0.25, 0.3) is 5.91 Å². The third kappa shape index (κ3) is 5.75. The molecule has 1 N–H and O–H groups in total. The van der Waals surface area contributed by atoms with Crippen LogP contribution >= 0.6 is 0 Å². The summed E-state index contributed by atoms with van der Waals surface area (Å²) in [5.41, 5.74) is -1.48. The van der Waals surface area contributed by atoms with Crippen LogP contribution in [0.2, 0.25) is 6.04 Å². The number of rotatable bonds is 10. The van der Waals surface area contributed by atoms with Gasteiger partial charge in [0.15, 0.2) is 23.3 Å². The summed E-state index contributed by atoms with van der Waals surface area (Å²) in [6.07, 6.45) is 1.08. The van der Waals surface area contributed by atoms with Crippen LogP contribution < -0.4 is 5.32 Å². The highest BCUT2D eigenvalue weighted by Crippen LogP contribution is 2.22. The fourth-order valence-corrected chi connectivity index (χ4v) is 3.91. The van der Waals surface area contributed by atoms with E-state index in [0.717, 1.165) is 0 Å². The Hall–Kier alpha value is -1.52. The second kappa shape index (κ2) is 10.5. The maximum Gasteiger partial charge on any atom is 0.321 e. The number of carbonyl (C=O) groups excluding carboxylic acids is 1. The first-order chi connectivity index (χ1) is 11.8. The summed E-state index contributed by atoms with van der Waals surface area (Å²) in [6.45, 7) is 4.80. The lowest BCUT2D eigenvalue weighted by molar-refractivity contribution is 0.0941. The zero-order valence-electron chi connectivity index (χ0n) is 13.9. The van der Waals surface area contributed by atoms with Crippen molar-refractivity contribution < 1.29 is 35.6 Å². The molecule has 0 bridgehead atoms. The van der Waals surface area contributed by atoms with Gasteiger partial charge in [-0.05, 0) is 32.7 Å². The van der Waals surface area contributed by atoms with Crippen molar-refractivity contribution in [2.75, 3.05) is 19.8 Å². The highest BCUT2D eigenvalue weighted by atomic mass is 28.3. The number of unbranched alkanes of at least 4 members (excludes halogenated alkanes) is 1. The van der Waals surface area contributed by atoms with Gasteiger partial charge in [0.1, 0.15) is 5.56 Å². The normalized spacial score (nSPS) is 11.2. The Bertz CT molecular complexity index is 568. The number of hydrogen-bond donors (Lipinski definition) is 1. The van der Waals surface area contributed by atoms with Crippen LogP contribution in [0.5, 0.6) is 0 Å². The van der Waals surface area contributed by atoms with Gasteiger partial charge in [0.2, 0.25) is 5.82 Å². The van der Waals surface area contributed by atoms with E-state index in [4.69, 9.17) is 8.85 Å². The smallest absolute Gasteiger partial charge is 0.321 e. The number of nitrogens with one attached hydrogen (secondary N) is 1. The maximum absolute atomic E-state index is 13.5. The summed E-state index contributed by atoms with van der Waals surface area (Å²) >= 11 is 0. The molecular formula is C15H20F5NO3Si. The van der Waals surface area contributed by atoms with Crippen LogP contribution in [0.25, 0.3) is 0 Å². The zero-order valence-corrected chi connectivity index (χ0v) is 15.1. The van der Waals surface area contributed by atoms with E-state index in [1.54, 1.807) is 0 Å². The fraction of sp³-hybridized carbons (Fsp3) is 0.533. The van der Waals surface area contributed by atoms with Gasteiger partial charge < -0.3 is 14.2 Å². The molecular weight excluding hydrogens is 365 g/mol. The van der Waals surface area contributed by atoms with Crippen molar-refractivity contribution in [2.45, 2.75) is 32.7 Å². The molecule has 0 aromatic heterocycles. The van der Waals surface area contributed by atoms with Crippen LogP contribution in [-0.2, 0) is 8.85 Å². The number of benzene rings is 1. The molecule has 1 rings (SSSR count). The van der Waals surface area contributed by atoms with Crippen LogP contribution in [0.3, 0.4) is 0 Å². The highest BCUT2D eigenvalue weighted by molar-refractivity contribution is 6.44. The van der Waals surface area contributed by atoms with Crippen molar-refractivity contribution in [2.24, 2.45) is 0 Å². The van der Waals surface area contributed by atoms with Crippen LogP contribution in [0.15, 0.2) is 0 Å². The molecule has 10 heteroatoms. The molecule has 1 aromatic rings. The molecule has 0 aliphatic heterocycles. The molecule has 25 heavy (non-hydrogen) atoms. The van der Waals surface area contributed by atoms with E-state index in [0.29, 0.717) is 32.1 Å². The largest absolute Gasteiger partial charge is 0.397 e. The molecule has 1 amide bonds. The Labute approximate surface area is 144 Å². The standard InChI is InChI=1S/C15H20F5NO3Si/c1-3-23-25(24-4-2)8-6-5-7-21-15(22)9-10(16)12(18)14(20)13(19)11(9)17/h25H,3-8H2,1-2H3,(H,21,22). The molecule has 0 saturated carbocycles. The summed E-state index contributed by atoms with van der Waals surface area (Å²) in [6, 6.07) is 0.681. The number of carbonyl (C=O) groups is 1. The minimum Gasteiger partial charge on any atom is -0.397 e. The molecule has 0 saturated heterocycles. The summed E-state index contributed by atoms with van der Waals surface area (Å²) in [5.74, 6) is -12.2. The average Bonchev–Trinajstić information content (AvgIpc) is 2.58. The Morgan fingerprint density at radius 3 is 1.84 bits per heavy atom. The molecule has 0 aliphatic rings. The van der Waals surface area contributed by atoms with Crippen molar-refractivity contribution in [3.63, 3.8) is 0 Å². The SMILES string of the molecule is CCO[SiH](CCCCNC(=O)c1c(F)c(F)c(F)c(F)c1F)OCC. The van der Waals surface area contributed by atoms with Gasteiger partial charge in [-0.25, -0.2) is 22.0 Å². The second-order valence-corrected chi connectivity index (χ2v) is 7.14. The second-order valence-electron chi connectivity index (χ2n) is 5.04. The summed E-state index contributed by atoms with van der Waals surface area (Å²) < 4.78 is 77.0. The lowest BCUT2D eigenvalue weighted by Gasteiger charge is -2.14. The first kappa shape index (κ1) is 21.5. The average molecular weight is 385 g/mol. The van der Waals surface area contributed by atoms with Gasteiger partial charge >= 0.3 is 9.28 Å². The van der Waals surface area contributed by atoms with E-state index in [2.05, 4.69) is 5.32 Å². The van der Waals surface area contributed by atoms with E-state index in [1.165, 1.54) is 0 Å². The molecule has 0 spiro atoms. The minimum atomic E-state index is -2.30. The van der Waals surface area contributed by atoms with Crippen LogP contribution in [0.1, 0.15) is 37.0 Å². The quantitative estimate of drug-likeness (QED) is 0.221. The van der Waals surface area contributed by atoms with Crippen LogP contribution in [-0.4, -0.2) is 34.9 Å². The fourth-order valence-electron chi connectivity index (χ4n) is 2.12. The lowest BCUT2D eigenvalue weighted by atomic mass is 10.1. The molecule has 4 nitrogen and oxygen atoms in total. The lowest BCUT2D eigenvalue weighted by Crippen LogP contribution is -2.28. The monoisotopic (exact) mass is 385 g/mol. The molecule has 0 radical (unpaired) electrons. The van der Waals surface area contributed by atoms with E-state index >= 15 is 0 Å². The highest BCUT2D eigenvalue weighted by Gasteiger charge is 2.29. The molecule has 142 valence electrons. The topological polar surface area (TPSA) is 47.6 Å².